The van der Waals surface area contributed by atoms with Gasteiger partial charge in [0.05, 0.1) is 18.4 Å². The van der Waals surface area contributed by atoms with E-state index >= 15 is 0 Å². The van der Waals surface area contributed by atoms with E-state index < -0.39 is 6.10 Å². The third-order valence-corrected chi connectivity index (χ3v) is 3.25. The van der Waals surface area contributed by atoms with Crippen molar-refractivity contribution in [2.24, 2.45) is 0 Å². The quantitative estimate of drug-likeness (QED) is 0.812. The normalized spacial score (nSPS) is 12.1. The highest BCUT2D eigenvalue weighted by Gasteiger charge is 2.11. The molecule has 0 aliphatic heterocycles. The minimum absolute atomic E-state index is 0.249. The molecule has 6 nitrogen and oxygen atoms in total. The molecule has 0 aliphatic rings. The van der Waals surface area contributed by atoms with Crippen LogP contribution in [0.2, 0.25) is 5.02 Å². The van der Waals surface area contributed by atoms with Crippen molar-refractivity contribution < 1.29 is 14.6 Å². The summed E-state index contributed by atoms with van der Waals surface area (Å²) in [6.45, 7) is 0.604. The van der Waals surface area contributed by atoms with Gasteiger partial charge in [0.25, 0.3) is 5.91 Å². The van der Waals surface area contributed by atoms with Crippen LogP contribution in [0, 0.1) is 0 Å². The van der Waals surface area contributed by atoms with Crippen molar-refractivity contribution in [2.75, 3.05) is 20.3 Å². The lowest BCUT2D eigenvalue weighted by atomic mass is 10.2. The van der Waals surface area contributed by atoms with Crippen molar-refractivity contribution in [3.05, 3.63) is 47.2 Å². The first kappa shape index (κ1) is 16.5. The lowest BCUT2D eigenvalue weighted by Gasteiger charge is -2.09. The summed E-state index contributed by atoms with van der Waals surface area (Å²) in [6, 6.07) is 8.82. The Morgan fingerprint density at radius 1 is 1.50 bits per heavy atom. The third-order valence-electron chi connectivity index (χ3n) is 3.02. The van der Waals surface area contributed by atoms with Crippen molar-refractivity contribution in [3.8, 4) is 5.69 Å². The number of amides is 1. The fourth-order valence-corrected chi connectivity index (χ4v) is 2.11. The summed E-state index contributed by atoms with van der Waals surface area (Å²) < 4.78 is 6.40. The second kappa shape index (κ2) is 7.93. The standard InChI is InChI=1S/C15H18ClN3O3/c1-22-10-13(20)5-7-17-15(21)14-6-8-19(18-14)12-4-2-3-11(16)9-12/h2-4,6,8-9,13,20H,5,7,10H2,1H3,(H,17,21). The van der Waals surface area contributed by atoms with Gasteiger partial charge in [-0.15, -0.1) is 0 Å². The van der Waals surface area contributed by atoms with Crippen LogP contribution in [0.1, 0.15) is 16.9 Å². The van der Waals surface area contributed by atoms with Gasteiger partial charge in [-0.1, -0.05) is 17.7 Å². The molecule has 1 heterocycles. The summed E-state index contributed by atoms with van der Waals surface area (Å²) in [6.07, 6.45) is 1.53. The van der Waals surface area contributed by atoms with E-state index in [9.17, 15) is 9.90 Å². The van der Waals surface area contributed by atoms with E-state index in [4.69, 9.17) is 16.3 Å². The smallest absolute Gasteiger partial charge is 0.271 e. The van der Waals surface area contributed by atoms with E-state index in [1.807, 2.05) is 12.1 Å². The molecule has 0 saturated heterocycles. The Hall–Kier alpha value is -1.89. The Bertz CT molecular complexity index is 630. The van der Waals surface area contributed by atoms with E-state index in [1.54, 1.807) is 29.1 Å². The highest BCUT2D eigenvalue weighted by Crippen LogP contribution is 2.14. The first-order chi connectivity index (χ1) is 10.6. The van der Waals surface area contributed by atoms with Crippen LogP contribution in [0.15, 0.2) is 36.5 Å². The number of nitrogens with zero attached hydrogens (tertiary/aromatic N) is 2. The number of ether oxygens (including phenoxy) is 1. The van der Waals surface area contributed by atoms with Crippen LogP contribution >= 0.6 is 11.6 Å². The summed E-state index contributed by atoms with van der Waals surface area (Å²) in [5, 5.41) is 17.0. The summed E-state index contributed by atoms with van der Waals surface area (Å²) in [5.74, 6) is -0.287. The van der Waals surface area contributed by atoms with E-state index in [1.165, 1.54) is 7.11 Å². The Morgan fingerprint density at radius 3 is 3.05 bits per heavy atom. The third kappa shape index (κ3) is 4.56. The van der Waals surface area contributed by atoms with Crippen LogP contribution in [0.5, 0.6) is 0 Å². The van der Waals surface area contributed by atoms with Crippen LogP contribution in [-0.2, 0) is 4.74 Å². The maximum absolute atomic E-state index is 12.0. The summed E-state index contributed by atoms with van der Waals surface area (Å²) in [7, 11) is 1.52. The Labute approximate surface area is 133 Å². The number of aliphatic hydroxyl groups excluding tert-OH is 1. The molecule has 22 heavy (non-hydrogen) atoms. The number of hydrogen-bond donors (Lipinski definition) is 2. The lowest BCUT2D eigenvalue weighted by Crippen LogP contribution is -2.28. The number of methoxy groups -OCH3 is 1. The fourth-order valence-electron chi connectivity index (χ4n) is 1.93. The zero-order chi connectivity index (χ0) is 15.9. The van der Waals surface area contributed by atoms with E-state index in [2.05, 4.69) is 10.4 Å². The first-order valence-corrected chi connectivity index (χ1v) is 7.25. The zero-order valence-electron chi connectivity index (χ0n) is 12.2. The maximum atomic E-state index is 12.0. The predicted octanol–water partition coefficient (Wildman–Crippen LogP) is 1.65. The molecular formula is C15H18ClN3O3. The second-order valence-corrected chi connectivity index (χ2v) is 5.22. The van der Waals surface area contributed by atoms with Gasteiger partial charge in [-0.2, -0.15) is 5.10 Å². The number of rotatable bonds is 7. The van der Waals surface area contributed by atoms with Crippen LogP contribution in [0.3, 0.4) is 0 Å². The molecule has 1 atom stereocenters. The number of aromatic nitrogens is 2. The zero-order valence-corrected chi connectivity index (χ0v) is 13.0. The van der Waals surface area contributed by atoms with Crippen molar-refractivity contribution in [1.82, 2.24) is 15.1 Å². The fraction of sp³-hybridized carbons (Fsp3) is 0.333. The number of halogens is 1. The molecular weight excluding hydrogens is 306 g/mol. The van der Waals surface area contributed by atoms with Crippen molar-refractivity contribution in [2.45, 2.75) is 12.5 Å². The average Bonchev–Trinajstić information content (AvgIpc) is 2.97. The van der Waals surface area contributed by atoms with Gasteiger partial charge < -0.3 is 15.2 Å². The Balaban J connectivity index is 1.92. The Kier molecular flexibility index (Phi) is 5.94. The lowest BCUT2D eigenvalue weighted by molar-refractivity contribution is 0.0587. The molecule has 0 saturated carbocycles. The van der Waals surface area contributed by atoms with Crippen molar-refractivity contribution in [1.29, 1.82) is 0 Å². The molecule has 0 bridgehead atoms. The minimum atomic E-state index is -0.589. The molecule has 1 amide bonds. The number of carbonyl (C=O) groups excluding carboxylic acids is 1. The second-order valence-electron chi connectivity index (χ2n) is 4.78. The summed E-state index contributed by atoms with van der Waals surface area (Å²) in [4.78, 5) is 12.0. The van der Waals surface area contributed by atoms with E-state index in [-0.39, 0.29) is 12.5 Å². The minimum Gasteiger partial charge on any atom is -0.391 e. The van der Waals surface area contributed by atoms with E-state index in [0.717, 1.165) is 5.69 Å². The average molecular weight is 324 g/mol. The molecule has 1 unspecified atom stereocenters. The SMILES string of the molecule is COCC(O)CCNC(=O)c1ccn(-c2cccc(Cl)c2)n1. The molecule has 0 spiro atoms. The molecule has 1 aromatic carbocycles. The van der Waals surface area contributed by atoms with Crippen molar-refractivity contribution in [3.63, 3.8) is 0 Å². The van der Waals surface area contributed by atoms with Gasteiger partial charge in [-0.3, -0.25) is 4.79 Å². The van der Waals surface area contributed by atoms with E-state index in [0.29, 0.717) is 23.7 Å². The molecule has 118 valence electrons. The van der Waals surface area contributed by atoms with Crippen LogP contribution in [-0.4, -0.2) is 47.2 Å². The number of nitrogens with one attached hydrogen (secondary N) is 1. The molecule has 7 heteroatoms. The topological polar surface area (TPSA) is 76.4 Å². The molecule has 0 fully saturated rings. The number of benzene rings is 1. The van der Waals surface area contributed by atoms with Crippen LogP contribution in [0.25, 0.3) is 5.69 Å². The van der Waals surface area contributed by atoms with Gasteiger partial charge in [0.1, 0.15) is 0 Å². The molecule has 2 N–H and O–H groups in total. The first-order valence-electron chi connectivity index (χ1n) is 6.87. The summed E-state index contributed by atoms with van der Waals surface area (Å²) in [5.41, 5.74) is 1.09. The van der Waals surface area contributed by atoms with Gasteiger partial charge in [-0.25, -0.2) is 4.68 Å². The highest BCUT2D eigenvalue weighted by atomic mass is 35.5. The van der Waals surface area contributed by atoms with Crippen LogP contribution < -0.4 is 5.32 Å². The number of carbonyl (C=O) groups is 1. The van der Waals surface area contributed by atoms with Crippen molar-refractivity contribution >= 4 is 17.5 Å². The molecule has 2 aromatic rings. The van der Waals surface area contributed by atoms with Gasteiger partial charge >= 0.3 is 0 Å². The van der Waals surface area contributed by atoms with Gasteiger partial charge in [0, 0.05) is 24.9 Å². The van der Waals surface area contributed by atoms with Gasteiger partial charge in [0.15, 0.2) is 5.69 Å². The number of hydrogen-bond acceptors (Lipinski definition) is 4. The highest BCUT2D eigenvalue weighted by molar-refractivity contribution is 6.30. The Morgan fingerprint density at radius 2 is 2.32 bits per heavy atom. The largest absolute Gasteiger partial charge is 0.391 e. The maximum Gasteiger partial charge on any atom is 0.271 e. The van der Waals surface area contributed by atoms with Gasteiger partial charge in [-0.05, 0) is 30.7 Å². The van der Waals surface area contributed by atoms with Gasteiger partial charge in [0.2, 0.25) is 0 Å². The summed E-state index contributed by atoms with van der Waals surface area (Å²) >= 11 is 5.93. The molecule has 0 aliphatic carbocycles. The molecule has 2 rings (SSSR count). The molecule has 1 aromatic heterocycles. The monoisotopic (exact) mass is 323 g/mol. The number of aliphatic hydroxyl groups is 1. The molecule has 0 radical (unpaired) electrons. The predicted molar refractivity (Wildman–Crippen MR) is 83.4 cm³/mol. The van der Waals surface area contributed by atoms with Crippen LogP contribution in [0.4, 0.5) is 0 Å².